The molecule has 0 unspecified atom stereocenters. The van der Waals surface area contributed by atoms with Gasteiger partial charge in [0.25, 0.3) is 11.1 Å². The summed E-state index contributed by atoms with van der Waals surface area (Å²) >= 11 is 1.44. The molecule has 3 heterocycles. The predicted octanol–water partition coefficient (Wildman–Crippen LogP) is -3.16. The van der Waals surface area contributed by atoms with E-state index in [0.717, 1.165) is 34.0 Å². The number of aromatic nitrogens is 2. The van der Waals surface area contributed by atoms with Crippen molar-refractivity contribution < 1.29 is 37.9 Å². The van der Waals surface area contributed by atoms with Crippen molar-refractivity contribution in [2.75, 3.05) is 14.1 Å². The number of rotatable bonds is 4. The average molecular weight is 511 g/mol. The zero-order chi connectivity index (χ0) is 25.0. The van der Waals surface area contributed by atoms with Gasteiger partial charge in [0.1, 0.15) is 17.0 Å². The van der Waals surface area contributed by atoms with Crippen molar-refractivity contribution in [2.24, 2.45) is 10.4 Å². The van der Waals surface area contributed by atoms with Crippen LogP contribution in [0.25, 0.3) is 23.3 Å². The van der Waals surface area contributed by atoms with E-state index in [0.29, 0.717) is 11.1 Å². The molecule has 1 aliphatic heterocycles. The first-order valence-corrected chi connectivity index (χ1v) is 12.1. The lowest BCUT2D eigenvalue weighted by molar-refractivity contribution is -2.00. The third kappa shape index (κ3) is 5.88. The lowest BCUT2D eigenvalue weighted by Crippen LogP contribution is -2.68. The molecule has 0 radical (unpaired) electrons. The molecule has 0 saturated carbocycles. The predicted molar refractivity (Wildman–Crippen MR) is 112 cm³/mol. The third-order valence-corrected chi connectivity index (χ3v) is 5.89. The minimum atomic E-state index is -4.94. The highest BCUT2D eigenvalue weighted by atomic mass is 35.7. The van der Waals surface area contributed by atoms with Gasteiger partial charge in [-0.15, -0.1) is 21.6 Å². The SMILES string of the molecule is CCn1c(=Cc2oc3ccccc3[n+]2CC)sc(=CC=C2N(C)N=NN2C)c1=O.[O-][Cl+3]([O-])([O-])[O-]. The smallest absolute Gasteiger partial charge is 0.377 e. The van der Waals surface area contributed by atoms with Crippen molar-refractivity contribution in [3.63, 3.8) is 0 Å². The maximum atomic E-state index is 12.9. The van der Waals surface area contributed by atoms with E-state index in [1.165, 1.54) is 11.3 Å². The van der Waals surface area contributed by atoms with E-state index in [1.54, 1.807) is 14.6 Å². The van der Waals surface area contributed by atoms with Crippen LogP contribution in [-0.4, -0.2) is 28.7 Å². The Balaban J connectivity index is 0.000000588. The second kappa shape index (κ2) is 10.5. The molecule has 0 fully saturated rings. The zero-order valence-electron chi connectivity index (χ0n) is 18.9. The number of fused-ring (bicyclic) bond motifs is 1. The Morgan fingerprint density at radius 3 is 2.29 bits per heavy atom. The van der Waals surface area contributed by atoms with Crippen LogP contribution < -0.4 is 38.0 Å². The standard InChI is InChI=1S/C20H23N6O2S.ClHO4/c1-5-25-14-9-7-8-10-15(14)28-18(25)13-19-26(6-2)20(27)16(29-19)11-12-17-23(3)21-22-24(17)4;2-1(3,4)5/h7-13H,5-6H2,1-4H3;(H,2,3,4,5)/q+1;/p-1. The largest absolute Gasteiger partial charge is 0.398 e. The Kier molecular flexibility index (Phi) is 7.86. The van der Waals surface area contributed by atoms with Gasteiger partial charge in [0.05, 0.1) is 10.6 Å². The number of para-hydroxylation sites is 2. The molecule has 3 aromatic rings. The molecular formula is C20H23ClN6O6S. The number of allylic oxidation sites excluding steroid dienone is 1. The van der Waals surface area contributed by atoms with E-state index in [2.05, 4.69) is 21.9 Å². The summed E-state index contributed by atoms with van der Waals surface area (Å²) in [6, 6.07) is 7.95. The molecule has 1 aliphatic rings. The van der Waals surface area contributed by atoms with Crippen molar-refractivity contribution in [2.45, 2.75) is 26.9 Å². The van der Waals surface area contributed by atoms with E-state index in [4.69, 9.17) is 23.1 Å². The average Bonchev–Trinajstić information content (AvgIpc) is 3.38. The van der Waals surface area contributed by atoms with Gasteiger partial charge in [-0.1, -0.05) is 12.1 Å². The summed E-state index contributed by atoms with van der Waals surface area (Å²) in [6.07, 6.45) is 5.62. The number of hydrogen-bond acceptors (Lipinski definition) is 11. The van der Waals surface area contributed by atoms with Crippen molar-refractivity contribution in [3.05, 3.63) is 61.6 Å². The Morgan fingerprint density at radius 1 is 1.09 bits per heavy atom. The highest BCUT2D eigenvalue weighted by molar-refractivity contribution is 7.07. The molecule has 14 heteroatoms. The van der Waals surface area contributed by atoms with Crippen LogP contribution in [-0.2, 0) is 13.1 Å². The van der Waals surface area contributed by atoms with Gasteiger partial charge in [0.15, 0.2) is 0 Å². The van der Waals surface area contributed by atoms with Crippen molar-refractivity contribution >= 4 is 34.6 Å². The summed E-state index contributed by atoms with van der Waals surface area (Å²) in [6.45, 7) is 5.41. The minimum absolute atomic E-state index is 0.0167. The maximum absolute atomic E-state index is 12.9. The van der Waals surface area contributed by atoms with Gasteiger partial charge in [-0.3, -0.25) is 9.36 Å². The summed E-state index contributed by atoms with van der Waals surface area (Å²) in [5.41, 5.74) is 1.86. The number of oxazole rings is 1. The monoisotopic (exact) mass is 510 g/mol. The van der Waals surface area contributed by atoms with Gasteiger partial charge < -0.3 is 4.42 Å². The Bertz CT molecular complexity index is 1380. The fourth-order valence-electron chi connectivity index (χ4n) is 3.34. The molecule has 0 saturated heterocycles. The quantitative estimate of drug-likeness (QED) is 0.332. The first-order valence-electron chi connectivity index (χ1n) is 10.1. The third-order valence-electron chi connectivity index (χ3n) is 4.81. The summed E-state index contributed by atoms with van der Waals surface area (Å²) < 4.78 is 45.4. The van der Waals surface area contributed by atoms with Crippen LogP contribution in [0.3, 0.4) is 0 Å². The Labute approximate surface area is 200 Å². The highest BCUT2D eigenvalue weighted by Gasteiger charge is 2.19. The van der Waals surface area contributed by atoms with Crippen LogP contribution in [0.1, 0.15) is 19.7 Å². The molecule has 0 amide bonds. The molecule has 2 aromatic heterocycles. The molecule has 182 valence electrons. The van der Waals surface area contributed by atoms with E-state index >= 15 is 0 Å². The molecule has 1 aromatic carbocycles. The zero-order valence-corrected chi connectivity index (χ0v) is 20.4. The fourth-order valence-corrected chi connectivity index (χ4v) is 4.38. The number of halogens is 1. The van der Waals surface area contributed by atoms with E-state index in [9.17, 15) is 4.79 Å². The summed E-state index contributed by atoms with van der Waals surface area (Å²) in [5.74, 6) is 1.53. The van der Waals surface area contributed by atoms with Gasteiger partial charge >= 0.3 is 5.89 Å². The molecule has 4 rings (SSSR count). The van der Waals surface area contributed by atoms with Gasteiger partial charge in [-0.05, 0) is 42.5 Å². The van der Waals surface area contributed by atoms with Crippen LogP contribution in [0, 0.1) is 10.2 Å². The van der Waals surface area contributed by atoms with Crippen molar-refractivity contribution in [1.29, 1.82) is 0 Å². The lowest BCUT2D eigenvalue weighted by atomic mass is 10.3. The summed E-state index contributed by atoms with van der Waals surface area (Å²) in [4.78, 5) is 12.9. The molecule has 0 bridgehead atoms. The highest BCUT2D eigenvalue weighted by Crippen LogP contribution is 2.15. The number of nitrogens with zero attached hydrogens (tertiary/aromatic N) is 6. The lowest BCUT2D eigenvalue weighted by Gasteiger charge is -2.17. The topological polar surface area (TPSA) is 162 Å². The summed E-state index contributed by atoms with van der Waals surface area (Å²) in [7, 11) is -1.31. The van der Waals surface area contributed by atoms with Gasteiger partial charge in [-0.2, -0.15) is 4.57 Å². The van der Waals surface area contributed by atoms with Crippen molar-refractivity contribution in [3.8, 4) is 0 Å². The van der Waals surface area contributed by atoms with E-state index in [1.807, 2.05) is 63.5 Å². The van der Waals surface area contributed by atoms with Crippen LogP contribution in [0.15, 0.2) is 55.8 Å². The molecule has 0 N–H and O–H groups in total. The van der Waals surface area contributed by atoms with E-state index < -0.39 is 10.2 Å². The molecule has 0 spiro atoms. The molecule has 34 heavy (non-hydrogen) atoms. The van der Waals surface area contributed by atoms with Crippen LogP contribution >= 0.6 is 11.3 Å². The number of aryl methyl sites for hydroxylation is 1. The van der Waals surface area contributed by atoms with Crippen molar-refractivity contribution in [1.82, 2.24) is 14.6 Å². The summed E-state index contributed by atoms with van der Waals surface area (Å²) in [5, 5.41) is 11.2. The number of hydrogen-bond donors (Lipinski definition) is 0. The van der Waals surface area contributed by atoms with Crippen LogP contribution in [0.5, 0.6) is 0 Å². The molecule has 12 nitrogen and oxygen atoms in total. The first-order chi connectivity index (χ1) is 16.0. The first kappa shape index (κ1) is 25.6. The number of benzene rings is 1. The van der Waals surface area contributed by atoms with Gasteiger partial charge in [-0.25, -0.2) is 28.7 Å². The fraction of sp³-hybridized carbons (Fsp3) is 0.300. The Morgan fingerprint density at radius 2 is 1.71 bits per heavy atom. The normalized spacial score (nSPS) is 14.9. The Hall–Kier alpha value is -3.07. The second-order valence-electron chi connectivity index (χ2n) is 6.95. The van der Waals surface area contributed by atoms with Crippen LogP contribution in [0.4, 0.5) is 0 Å². The molecular weight excluding hydrogens is 488 g/mol. The minimum Gasteiger partial charge on any atom is -0.398 e. The molecule has 0 aliphatic carbocycles. The second-order valence-corrected chi connectivity index (χ2v) is 8.76. The molecule has 0 atom stereocenters. The van der Waals surface area contributed by atoms with Gasteiger partial charge in [0, 0.05) is 26.7 Å². The van der Waals surface area contributed by atoms with E-state index in [-0.39, 0.29) is 5.56 Å². The maximum Gasteiger partial charge on any atom is 0.377 e. The number of thiazole rings is 1. The van der Waals surface area contributed by atoms with Crippen LogP contribution in [0.2, 0.25) is 0 Å². The van der Waals surface area contributed by atoms with Gasteiger partial charge in [0.2, 0.25) is 5.58 Å².